The Hall–Kier alpha value is -0.620. The highest BCUT2D eigenvalue weighted by molar-refractivity contribution is 7.89. The number of hydrogen-bond acceptors (Lipinski definition) is 3. The molecule has 2 N–H and O–H groups in total. The van der Waals surface area contributed by atoms with Crippen molar-refractivity contribution in [1.29, 1.82) is 0 Å². The molecule has 0 amide bonds. The van der Waals surface area contributed by atoms with Crippen LogP contribution in [0.4, 0.5) is 0 Å². The van der Waals surface area contributed by atoms with Gasteiger partial charge in [-0.15, -0.1) is 0 Å². The second-order valence-corrected chi connectivity index (χ2v) is 7.19. The van der Waals surface area contributed by atoms with E-state index >= 15 is 0 Å². The highest BCUT2D eigenvalue weighted by Gasteiger charge is 2.16. The molecule has 0 saturated carbocycles. The van der Waals surface area contributed by atoms with Crippen LogP contribution in [0.3, 0.4) is 0 Å². The molecule has 1 rings (SSSR count). The van der Waals surface area contributed by atoms with Gasteiger partial charge in [-0.1, -0.05) is 31.5 Å². The summed E-state index contributed by atoms with van der Waals surface area (Å²) in [6.07, 6.45) is 0. The fourth-order valence-corrected chi connectivity index (χ4v) is 3.12. The Bertz CT molecular complexity index is 527. The second-order valence-electron chi connectivity index (χ2n) is 5.06. The molecule has 4 nitrogen and oxygen atoms in total. The lowest BCUT2D eigenvalue weighted by atomic mass is 10.2. The Morgan fingerprint density at radius 1 is 1.16 bits per heavy atom. The molecule has 0 saturated heterocycles. The Morgan fingerprint density at radius 3 is 2.26 bits per heavy atom. The average Bonchev–Trinajstić information content (AvgIpc) is 2.25. The van der Waals surface area contributed by atoms with Gasteiger partial charge in [0.25, 0.3) is 0 Å². The van der Waals surface area contributed by atoms with E-state index in [0.717, 1.165) is 5.56 Å². The van der Waals surface area contributed by atoms with E-state index in [9.17, 15) is 8.42 Å². The van der Waals surface area contributed by atoms with Crippen LogP contribution in [0.5, 0.6) is 0 Å². The molecule has 19 heavy (non-hydrogen) atoms. The van der Waals surface area contributed by atoms with Crippen LogP contribution in [-0.2, 0) is 16.6 Å². The molecule has 1 aromatic carbocycles. The maximum Gasteiger partial charge on any atom is 0.240 e. The topological polar surface area (TPSA) is 58.2 Å². The number of rotatable bonds is 6. The van der Waals surface area contributed by atoms with E-state index in [2.05, 4.69) is 10.0 Å². The zero-order valence-corrected chi connectivity index (χ0v) is 13.3. The van der Waals surface area contributed by atoms with Gasteiger partial charge in [-0.05, 0) is 31.5 Å². The van der Waals surface area contributed by atoms with Gasteiger partial charge in [-0.25, -0.2) is 13.1 Å². The molecule has 0 radical (unpaired) electrons. The van der Waals surface area contributed by atoms with Crippen LogP contribution in [-0.4, -0.2) is 20.5 Å². The first-order valence-electron chi connectivity index (χ1n) is 6.26. The van der Waals surface area contributed by atoms with Crippen molar-refractivity contribution in [3.05, 3.63) is 28.8 Å². The predicted molar refractivity (Wildman–Crippen MR) is 78.9 cm³/mol. The van der Waals surface area contributed by atoms with Gasteiger partial charge in [0, 0.05) is 23.7 Å². The van der Waals surface area contributed by atoms with E-state index in [1.54, 1.807) is 26.0 Å². The molecule has 0 fully saturated rings. The summed E-state index contributed by atoms with van der Waals surface area (Å²) >= 11 is 6.12. The van der Waals surface area contributed by atoms with Gasteiger partial charge in [0.15, 0.2) is 0 Å². The number of halogens is 1. The third-order valence-corrected chi connectivity index (χ3v) is 4.43. The van der Waals surface area contributed by atoms with E-state index in [4.69, 9.17) is 11.6 Å². The average molecular weight is 305 g/mol. The lowest BCUT2D eigenvalue weighted by molar-refractivity contribution is 0.569. The zero-order valence-electron chi connectivity index (χ0n) is 11.7. The minimum absolute atomic E-state index is 0.147. The Labute approximate surface area is 120 Å². The summed E-state index contributed by atoms with van der Waals surface area (Å²) in [5.74, 6) is 0. The fourth-order valence-electron chi connectivity index (χ4n) is 1.53. The van der Waals surface area contributed by atoms with Crippen molar-refractivity contribution in [2.75, 3.05) is 0 Å². The van der Waals surface area contributed by atoms with Gasteiger partial charge in [0.2, 0.25) is 10.0 Å². The van der Waals surface area contributed by atoms with Gasteiger partial charge in [-0.2, -0.15) is 0 Å². The summed E-state index contributed by atoms with van der Waals surface area (Å²) in [7, 11) is -3.48. The molecular formula is C13H21ClN2O2S. The predicted octanol–water partition coefficient (Wildman–Crippen LogP) is 2.52. The van der Waals surface area contributed by atoms with E-state index in [0.29, 0.717) is 17.6 Å². The van der Waals surface area contributed by atoms with Crippen LogP contribution in [0.15, 0.2) is 23.1 Å². The van der Waals surface area contributed by atoms with Gasteiger partial charge in [-0.3, -0.25) is 0 Å². The van der Waals surface area contributed by atoms with Crippen molar-refractivity contribution in [1.82, 2.24) is 10.0 Å². The number of nitrogens with one attached hydrogen (secondary N) is 2. The van der Waals surface area contributed by atoms with Crippen molar-refractivity contribution in [2.45, 2.75) is 51.2 Å². The molecule has 0 aliphatic heterocycles. The Kier molecular flexibility index (Phi) is 5.80. The molecule has 0 atom stereocenters. The first-order valence-corrected chi connectivity index (χ1v) is 8.12. The van der Waals surface area contributed by atoms with Crippen molar-refractivity contribution in [2.24, 2.45) is 0 Å². The second kappa shape index (κ2) is 6.70. The molecule has 0 aromatic heterocycles. The third kappa shape index (κ3) is 5.10. The molecule has 0 unspecified atom stereocenters. The monoisotopic (exact) mass is 304 g/mol. The smallest absolute Gasteiger partial charge is 0.240 e. The number of hydrogen-bond donors (Lipinski definition) is 2. The maximum absolute atomic E-state index is 12.0. The van der Waals surface area contributed by atoms with Crippen molar-refractivity contribution in [3.8, 4) is 0 Å². The van der Waals surface area contributed by atoms with E-state index < -0.39 is 10.0 Å². The minimum atomic E-state index is -3.48. The van der Waals surface area contributed by atoms with Crippen LogP contribution >= 0.6 is 11.6 Å². The van der Waals surface area contributed by atoms with E-state index in [1.807, 2.05) is 13.8 Å². The standard InChI is InChI=1S/C13H21ClN2O2S/c1-9(2)15-8-11-5-6-12(7-13(11)14)19(17,18)16-10(3)4/h5-7,9-10,15-16H,8H2,1-4H3. The van der Waals surface area contributed by atoms with Crippen LogP contribution < -0.4 is 10.0 Å². The fraction of sp³-hybridized carbons (Fsp3) is 0.538. The molecule has 0 spiro atoms. The summed E-state index contributed by atoms with van der Waals surface area (Å²) in [4.78, 5) is 0.194. The first kappa shape index (κ1) is 16.4. The Morgan fingerprint density at radius 2 is 1.79 bits per heavy atom. The largest absolute Gasteiger partial charge is 0.310 e. The molecule has 0 aliphatic rings. The van der Waals surface area contributed by atoms with Crippen molar-refractivity contribution >= 4 is 21.6 Å². The highest BCUT2D eigenvalue weighted by atomic mass is 35.5. The lowest BCUT2D eigenvalue weighted by Gasteiger charge is -2.12. The third-order valence-electron chi connectivity index (χ3n) is 2.43. The van der Waals surface area contributed by atoms with Crippen LogP contribution in [0.25, 0.3) is 0 Å². The van der Waals surface area contributed by atoms with Crippen molar-refractivity contribution in [3.63, 3.8) is 0 Å². The summed E-state index contributed by atoms with van der Waals surface area (Å²) in [6, 6.07) is 5.01. The van der Waals surface area contributed by atoms with Gasteiger partial charge in [0.1, 0.15) is 0 Å². The summed E-state index contributed by atoms with van der Waals surface area (Å²) in [6.45, 7) is 8.26. The quantitative estimate of drug-likeness (QED) is 0.849. The summed E-state index contributed by atoms with van der Waals surface area (Å²) in [5.41, 5.74) is 0.888. The van der Waals surface area contributed by atoms with E-state index in [-0.39, 0.29) is 10.9 Å². The molecule has 0 bridgehead atoms. The SMILES string of the molecule is CC(C)NCc1ccc(S(=O)(=O)NC(C)C)cc1Cl. The van der Waals surface area contributed by atoms with Crippen LogP contribution in [0, 0.1) is 0 Å². The van der Waals surface area contributed by atoms with Crippen LogP contribution in [0.1, 0.15) is 33.3 Å². The molecule has 0 heterocycles. The molecule has 108 valence electrons. The number of benzene rings is 1. The van der Waals surface area contributed by atoms with Gasteiger partial charge >= 0.3 is 0 Å². The highest BCUT2D eigenvalue weighted by Crippen LogP contribution is 2.21. The maximum atomic E-state index is 12.0. The van der Waals surface area contributed by atoms with Crippen molar-refractivity contribution < 1.29 is 8.42 Å². The van der Waals surface area contributed by atoms with E-state index in [1.165, 1.54) is 6.07 Å². The molecule has 0 aliphatic carbocycles. The molecular weight excluding hydrogens is 284 g/mol. The normalized spacial score (nSPS) is 12.4. The lowest BCUT2D eigenvalue weighted by Crippen LogP contribution is -2.30. The van der Waals surface area contributed by atoms with Gasteiger partial charge in [0.05, 0.1) is 4.90 Å². The molecule has 1 aromatic rings. The number of sulfonamides is 1. The summed E-state index contributed by atoms with van der Waals surface area (Å²) < 4.78 is 26.5. The first-order chi connectivity index (χ1) is 8.72. The summed E-state index contributed by atoms with van der Waals surface area (Å²) in [5, 5.41) is 3.70. The zero-order chi connectivity index (χ0) is 14.6. The minimum Gasteiger partial charge on any atom is -0.310 e. The van der Waals surface area contributed by atoms with Gasteiger partial charge < -0.3 is 5.32 Å². The Balaban J connectivity index is 2.93. The van der Waals surface area contributed by atoms with Crippen LogP contribution in [0.2, 0.25) is 5.02 Å². The molecule has 6 heteroatoms.